The van der Waals surface area contributed by atoms with Crippen molar-refractivity contribution in [2.24, 2.45) is 0 Å². The molecule has 3 aromatic rings. The third-order valence-electron chi connectivity index (χ3n) is 3.23. The molecule has 2 heterocycles. The van der Waals surface area contributed by atoms with E-state index in [0.717, 1.165) is 43.6 Å². The van der Waals surface area contributed by atoms with Gasteiger partial charge in [0.1, 0.15) is 0 Å². The summed E-state index contributed by atoms with van der Waals surface area (Å²) in [5.41, 5.74) is 3.06. The Balaban J connectivity index is 1.57. The van der Waals surface area contributed by atoms with Crippen LogP contribution in [0.25, 0.3) is 0 Å². The van der Waals surface area contributed by atoms with Crippen molar-refractivity contribution >= 4 is 45.5 Å². The lowest BCUT2D eigenvalue weighted by atomic mass is 10.2. The van der Waals surface area contributed by atoms with Crippen LogP contribution in [0.3, 0.4) is 0 Å². The third-order valence-corrected chi connectivity index (χ3v) is 5.61. The molecule has 0 bridgehead atoms. The summed E-state index contributed by atoms with van der Waals surface area (Å²) in [5.74, 6) is 0.932. The normalized spacial score (nSPS) is 10.7. The molecular weight excluding hydrogens is 348 g/mol. The maximum atomic E-state index is 6.13. The lowest BCUT2D eigenvalue weighted by Crippen LogP contribution is -1.92. The van der Waals surface area contributed by atoms with Crippen LogP contribution >= 0.6 is 34.7 Å². The van der Waals surface area contributed by atoms with Crippen molar-refractivity contribution in [2.45, 2.75) is 17.7 Å². The highest BCUT2D eigenvalue weighted by Gasteiger charge is 2.08. The number of pyridine rings is 1. The Bertz CT molecular complexity index is 777. The number of halogens is 1. The first-order chi connectivity index (χ1) is 11.2. The molecule has 3 rings (SSSR count). The van der Waals surface area contributed by atoms with Crippen molar-refractivity contribution in [3.05, 3.63) is 58.9 Å². The molecule has 2 aromatic heterocycles. The predicted molar refractivity (Wildman–Crippen MR) is 98.0 cm³/mol. The van der Waals surface area contributed by atoms with Gasteiger partial charge < -0.3 is 5.32 Å². The Morgan fingerprint density at radius 3 is 2.91 bits per heavy atom. The van der Waals surface area contributed by atoms with Gasteiger partial charge in [-0.1, -0.05) is 46.8 Å². The number of hydrogen-bond donors (Lipinski definition) is 1. The first kappa shape index (κ1) is 16.2. The second kappa shape index (κ2) is 7.77. The molecule has 0 fully saturated rings. The zero-order valence-electron chi connectivity index (χ0n) is 12.5. The van der Waals surface area contributed by atoms with Gasteiger partial charge in [-0.2, -0.15) is 0 Å². The lowest BCUT2D eigenvalue weighted by Gasteiger charge is -2.06. The van der Waals surface area contributed by atoms with E-state index in [0.29, 0.717) is 0 Å². The molecule has 0 atom stereocenters. The van der Waals surface area contributed by atoms with Crippen LogP contribution in [0.4, 0.5) is 10.8 Å². The fourth-order valence-corrected chi connectivity index (χ4v) is 3.94. The van der Waals surface area contributed by atoms with Crippen LogP contribution in [-0.4, -0.2) is 20.9 Å². The molecule has 118 valence electrons. The molecule has 1 aromatic carbocycles. The smallest absolute Gasteiger partial charge is 0.210 e. The molecule has 1 N–H and O–H groups in total. The summed E-state index contributed by atoms with van der Waals surface area (Å²) in [6, 6.07) is 11.7. The van der Waals surface area contributed by atoms with Gasteiger partial charge in [0.25, 0.3) is 0 Å². The van der Waals surface area contributed by atoms with Crippen LogP contribution in [0.5, 0.6) is 0 Å². The second-order valence-electron chi connectivity index (χ2n) is 4.83. The quantitative estimate of drug-likeness (QED) is 0.627. The molecular formula is C16H15ClN4S2. The number of anilines is 2. The molecule has 0 saturated carbocycles. The first-order valence-corrected chi connectivity index (χ1v) is 9.29. The van der Waals surface area contributed by atoms with Gasteiger partial charge in [-0.15, -0.1) is 10.2 Å². The minimum absolute atomic E-state index is 0.740. The molecule has 23 heavy (non-hydrogen) atoms. The van der Waals surface area contributed by atoms with Gasteiger partial charge in [-0.05, 0) is 43.2 Å². The fourth-order valence-electron chi connectivity index (χ4n) is 1.97. The summed E-state index contributed by atoms with van der Waals surface area (Å²) in [4.78, 5) is 4.32. The molecule has 0 amide bonds. The van der Waals surface area contributed by atoms with Crippen molar-refractivity contribution in [2.75, 3.05) is 11.1 Å². The third kappa shape index (κ3) is 4.43. The monoisotopic (exact) mass is 362 g/mol. The van der Waals surface area contributed by atoms with Gasteiger partial charge >= 0.3 is 0 Å². The zero-order valence-corrected chi connectivity index (χ0v) is 14.9. The highest BCUT2D eigenvalue weighted by atomic mass is 35.5. The molecule has 0 spiro atoms. The van der Waals surface area contributed by atoms with Crippen molar-refractivity contribution in [1.82, 2.24) is 15.2 Å². The van der Waals surface area contributed by atoms with Gasteiger partial charge in [0.05, 0.1) is 0 Å². The number of rotatable bonds is 6. The summed E-state index contributed by atoms with van der Waals surface area (Å²) in [6.45, 7) is 1.98. The highest BCUT2D eigenvalue weighted by Crippen LogP contribution is 2.30. The van der Waals surface area contributed by atoms with E-state index in [-0.39, 0.29) is 0 Å². The van der Waals surface area contributed by atoms with Gasteiger partial charge in [0, 0.05) is 28.4 Å². The van der Waals surface area contributed by atoms with Crippen molar-refractivity contribution < 1.29 is 0 Å². The number of aryl methyl sites for hydroxylation is 1. The highest BCUT2D eigenvalue weighted by molar-refractivity contribution is 8.01. The Morgan fingerprint density at radius 2 is 2.09 bits per heavy atom. The number of nitrogens with one attached hydrogen (secondary N) is 1. The first-order valence-electron chi connectivity index (χ1n) is 7.11. The summed E-state index contributed by atoms with van der Waals surface area (Å²) in [5, 5.41) is 13.2. The van der Waals surface area contributed by atoms with E-state index in [4.69, 9.17) is 11.6 Å². The van der Waals surface area contributed by atoms with Crippen molar-refractivity contribution in [3.8, 4) is 0 Å². The Morgan fingerprint density at radius 1 is 1.17 bits per heavy atom. The fraction of sp³-hybridized carbons (Fsp3) is 0.188. The van der Waals surface area contributed by atoms with E-state index in [1.54, 1.807) is 23.1 Å². The van der Waals surface area contributed by atoms with E-state index < -0.39 is 0 Å². The molecule has 0 unspecified atom stereocenters. The van der Waals surface area contributed by atoms with Crippen LogP contribution in [0.2, 0.25) is 5.02 Å². The van der Waals surface area contributed by atoms with Gasteiger partial charge in [-0.25, -0.2) is 0 Å². The summed E-state index contributed by atoms with van der Waals surface area (Å²) >= 11 is 9.37. The largest absolute Gasteiger partial charge is 0.330 e. The van der Waals surface area contributed by atoms with Gasteiger partial charge in [0.2, 0.25) is 5.13 Å². The minimum atomic E-state index is 0.740. The van der Waals surface area contributed by atoms with Crippen LogP contribution < -0.4 is 5.32 Å². The average molecular weight is 363 g/mol. The molecule has 0 saturated heterocycles. The number of hydrogen-bond acceptors (Lipinski definition) is 6. The molecule has 0 aliphatic carbocycles. The van der Waals surface area contributed by atoms with Crippen LogP contribution in [0, 0.1) is 6.92 Å². The number of aromatic nitrogens is 3. The predicted octanol–water partition coefficient (Wildman–Crippen LogP) is 4.97. The maximum Gasteiger partial charge on any atom is 0.210 e. The zero-order chi connectivity index (χ0) is 16.1. The molecule has 0 radical (unpaired) electrons. The Hall–Kier alpha value is -1.63. The van der Waals surface area contributed by atoms with E-state index in [2.05, 4.69) is 20.5 Å². The standard InChI is InChI=1S/C16H15ClN4S2/c1-11-13(17)6-4-7-14(11)19-15-20-21-16(23-15)22-10-8-12-5-2-3-9-18-12/h2-7,9H,8,10H2,1H3,(H,19,20). The summed E-state index contributed by atoms with van der Waals surface area (Å²) < 4.78 is 0.947. The van der Waals surface area contributed by atoms with E-state index >= 15 is 0 Å². The van der Waals surface area contributed by atoms with Gasteiger partial charge in [-0.3, -0.25) is 4.98 Å². The maximum absolute atomic E-state index is 6.13. The molecule has 7 heteroatoms. The van der Waals surface area contributed by atoms with Gasteiger partial charge in [0.15, 0.2) is 4.34 Å². The lowest BCUT2D eigenvalue weighted by molar-refractivity contribution is 1.00. The molecule has 0 aliphatic rings. The minimum Gasteiger partial charge on any atom is -0.330 e. The van der Waals surface area contributed by atoms with E-state index in [1.165, 1.54) is 0 Å². The number of benzene rings is 1. The Kier molecular flexibility index (Phi) is 5.48. The number of thioether (sulfide) groups is 1. The SMILES string of the molecule is Cc1c(Cl)cccc1Nc1nnc(SCCc2ccccn2)s1. The van der Waals surface area contributed by atoms with Crippen molar-refractivity contribution in [3.63, 3.8) is 0 Å². The summed E-state index contributed by atoms with van der Waals surface area (Å²) in [6.07, 6.45) is 2.74. The topological polar surface area (TPSA) is 50.7 Å². The summed E-state index contributed by atoms with van der Waals surface area (Å²) in [7, 11) is 0. The second-order valence-corrected chi connectivity index (χ2v) is 7.56. The van der Waals surface area contributed by atoms with E-state index in [1.807, 2.05) is 49.5 Å². The Labute approximate surface area is 148 Å². The number of nitrogens with zero attached hydrogens (tertiary/aromatic N) is 3. The molecule has 4 nitrogen and oxygen atoms in total. The van der Waals surface area contributed by atoms with Crippen LogP contribution in [0.15, 0.2) is 46.9 Å². The van der Waals surface area contributed by atoms with Crippen LogP contribution in [-0.2, 0) is 6.42 Å². The van der Waals surface area contributed by atoms with E-state index in [9.17, 15) is 0 Å². The molecule has 0 aliphatic heterocycles. The average Bonchev–Trinajstić information content (AvgIpc) is 3.00. The van der Waals surface area contributed by atoms with Crippen molar-refractivity contribution in [1.29, 1.82) is 0 Å². The van der Waals surface area contributed by atoms with Crippen LogP contribution in [0.1, 0.15) is 11.3 Å².